The highest BCUT2D eigenvalue weighted by molar-refractivity contribution is 5.33. The first-order chi connectivity index (χ1) is 9.58. The number of furan rings is 1. The van der Waals surface area contributed by atoms with Gasteiger partial charge in [-0.25, -0.2) is 0 Å². The first-order valence-electron chi connectivity index (χ1n) is 7.08. The van der Waals surface area contributed by atoms with Crippen molar-refractivity contribution in [3.63, 3.8) is 0 Å². The van der Waals surface area contributed by atoms with Crippen molar-refractivity contribution < 1.29 is 9.15 Å². The average molecular weight is 273 g/mol. The molecular weight excluding hydrogens is 250 g/mol. The number of benzene rings is 1. The van der Waals surface area contributed by atoms with Crippen molar-refractivity contribution in [1.82, 2.24) is 5.32 Å². The fourth-order valence-electron chi connectivity index (χ4n) is 2.25. The van der Waals surface area contributed by atoms with Crippen molar-refractivity contribution in [2.75, 3.05) is 6.54 Å². The molecule has 3 heteroatoms. The summed E-state index contributed by atoms with van der Waals surface area (Å²) in [6, 6.07) is 8.28. The number of hydrogen-bond donors (Lipinski definition) is 1. The summed E-state index contributed by atoms with van der Waals surface area (Å²) < 4.78 is 11.6. The van der Waals surface area contributed by atoms with Crippen molar-refractivity contribution in [3.05, 3.63) is 52.5 Å². The molecule has 0 aliphatic carbocycles. The molecule has 108 valence electrons. The van der Waals surface area contributed by atoms with Crippen molar-refractivity contribution in [2.45, 2.75) is 40.8 Å². The van der Waals surface area contributed by atoms with E-state index in [4.69, 9.17) is 9.15 Å². The van der Waals surface area contributed by atoms with Gasteiger partial charge in [-0.05, 0) is 62.2 Å². The van der Waals surface area contributed by atoms with E-state index in [1.807, 2.05) is 12.1 Å². The standard InChI is InChI=1S/C17H23NO2/c1-5-18-10-17-14(4)9-16(20-17)11-19-15-7-12(2)6-13(3)8-15/h6-9,18H,5,10-11H2,1-4H3. The van der Waals surface area contributed by atoms with Gasteiger partial charge in [0.15, 0.2) is 0 Å². The molecule has 2 rings (SSSR count). The van der Waals surface area contributed by atoms with Crippen LogP contribution in [0.3, 0.4) is 0 Å². The minimum atomic E-state index is 0.468. The molecule has 0 atom stereocenters. The number of ether oxygens (including phenoxy) is 1. The SMILES string of the molecule is CCNCc1oc(COc2cc(C)cc(C)c2)cc1C. The van der Waals surface area contributed by atoms with E-state index in [0.717, 1.165) is 30.4 Å². The number of hydrogen-bond acceptors (Lipinski definition) is 3. The van der Waals surface area contributed by atoms with Gasteiger partial charge in [0.25, 0.3) is 0 Å². The summed E-state index contributed by atoms with van der Waals surface area (Å²) in [5, 5.41) is 3.27. The Balaban J connectivity index is 2.00. The number of rotatable bonds is 6. The van der Waals surface area contributed by atoms with E-state index < -0.39 is 0 Å². The van der Waals surface area contributed by atoms with E-state index in [1.54, 1.807) is 0 Å². The highest BCUT2D eigenvalue weighted by Gasteiger charge is 2.08. The van der Waals surface area contributed by atoms with Crippen LogP contribution in [0.5, 0.6) is 5.75 Å². The Morgan fingerprint density at radius 3 is 2.40 bits per heavy atom. The second-order valence-corrected chi connectivity index (χ2v) is 5.21. The highest BCUT2D eigenvalue weighted by Crippen LogP contribution is 2.20. The third-order valence-electron chi connectivity index (χ3n) is 3.18. The second-order valence-electron chi connectivity index (χ2n) is 5.21. The van der Waals surface area contributed by atoms with Gasteiger partial charge in [0.2, 0.25) is 0 Å². The quantitative estimate of drug-likeness (QED) is 0.867. The van der Waals surface area contributed by atoms with Gasteiger partial charge in [-0.2, -0.15) is 0 Å². The van der Waals surface area contributed by atoms with Gasteiger partial charge in [0, 0.05) is 0 Å². The van der Waals surface area contributed by atoms with Gasteiger partial charge in [-0.3, -0.25) is 0 Å². The Morgan fingerprint density at radius 2 is 1.75 bits per heavy atom. The van der Waals surface area contributed by atoms with Crippen LogP contribution in [0.4, 0.5) is 0 Å². The van der Waals surface area contributed by atoms with Crippen LogP contribution in [0.15, 0.2) is 28.7 Å². The molecule has 0 saturated heterocycles. The molecule has 0 spiro atoms. The first-order valence-corrected chi connectivity index (χ1v) is 7.08. The van der Waals surface area contributed by atoms with E-state index in [2.05, 4.69) is 45.1 Å². The Kier molecular flexibility index (Phi) is 4.85. The molecule has 0 unspecified atom stereocenters. The molecule has 0 radical (unpaired) electrons. The molecule has 1 N–H and O–H groups in total. The molecule has 3 nitrogen and oxygen atoms in total. The maximum atomic E-state index is 5.81. The molecule has 0 amide bonds. The van der Waals surface area contributed by atoms with E-state index >= 15 is 0 Å². The molecular formula is C17H23NO2. The lowest BCUT2D eigenvalue weighted by Gasteiger charge is -2.06. The Morgan fingerprint density at radius 1 is 1.05 bits per heavy atom. The first kappa shape index (κ1) is 14.7. The Labute approximate surface area is 121 Å². The lowest BCUT2D eigenvalue weighted by molar-refractivity contribution is 0.265. The van der Waals surface area contributed by atoms with Crippen LogP contribution in [-0.4, -0.2) is 6.54 Å². The molecule has 1 aromatic carbocycles. The monoisotopic (exact) mass is 273 g/mol. The fourth-order valence-corrected chi connectivity index (χ4v) is 2.25. The van der Waals surface area contributed by atoms with Crippen LogP contribution < -0.4 is 10.1 Å². The van der Waals surface area contributed by atoms with Gasteiger partial charge in [0.05, 0.1) is 6.54 Å². The normalized spacial score (nSPS) is 10.8. The summed E-state index contributed by atoms with van der Waals surface area (Å²) in [5.41, 5.74) is 3.59. The minimum Gasteiger partial charge on any atom is -0.486 e. The summed E-state index contributed by atoms with van der Waals surface area (Å²) in [5.74, 6) is 2.75. The van der Waals surface area contributed by atoms with E-state index in [1.165, 1.54) is 16.7 Å². The number of nitrogens with one attached hydrogen (secondary N) is 1. The fraction of sp³-hybridized carbons (Fsp3) is 0.412. The third-order valence-corrected chi connectivity index (χ3v) is 3.18. The second kappa shape index (κ2) is 6.62. The molecule has 1 aromatic heterocycles. The summed E-state index contributed by atoms with van der Waals surface area (Å²) >= 11 is 0. The maximum Gasteiger partial charge on any atom is 0.146 e. The average Bonchev–Trinajstić information content (AvgIpc) is 2.73. The zero-order valence-corrected chi connectivity index (χ0v) is 12.7. The topological polar surface area (TPSA) is 34.4 Å². The lowest BCUT2D eigenvalue weighted by atomic mass is 10.1. The smallest absolute Gasteiger partial charge is 0.146 e. The maximum absolute atomic E-state index is 5.81. The lowest BCUT2D eigenvalue weighted by Crippen LogP contribution is -2.11. The summed E-state index contributed by atoms with van der Waals surface area (Å²) in [6.07, 6.45) is 0. The zero-order chi connectivity index (χ0) is 14.5. The minimum absolute atomic E-state index is 0.468. The Hall–Kier alpha value is -1.74. The number of aryl methyl sites for hydroxylation is 3. The van der Waals surface area contributed by atoms with Crippen molar-refractivity contribution in [1.29, 1.82) is 0 Å². The molecule has 20 heavy (non-hydrogen) atoms. The van der Waals surface area contributed by atoms with Crippen LogP contribution in [-0.2, 0) is 13.2 Å². The largest absolute Gasteiger partial charge is 0.486 e. The highest BCUT2D eigenvalue weighted by atomic mass is 16.5. The van der Waals surface area contributed by atoms with Crippen molar-refractivity contribution in [2.24, 2.45) is 0 Å². The molecule has 2 aromatic rings. The van der Waals surface area contributed by atoms with Crippen LogP contribution in [0.1, 0.15) is 35.1 Å². The summed E-state index contributed by atoms with van der Waals surface area (Å²) in [4.78, 5) is 0. The molecule has 0 fully saturated rings. The van der Waals surface area contributed by atoms with Gasteiger partial charge < -0.3 is 14.5 Å². The molecule has 1 heterocycles. The van der Waals surface area contributed by atoms with Crippen molar-refractivity contribution >= 4 is 0 Å². The Bertz CT molecular complexity index is 552. The molecule has 0 aliphatic rings. The molecule has 0 bridgehead atoms. The van der Waals surface area contributed by atoms with E-state index in [9.17, 15) is 0 Å². The van der Waals surface area contributed by atoms with Gasteiger partial charge in [-0.1, -0.05) is 13.0 Å². The predicted octanol–water partition coefficient (Wildman–Crippen LogP) is 3.89. The predicted molar refractivity (Wildman–Crippen MR) is 81.1 cm³/mol. The van der Waals surface area contributed by atoms with Gasteiger partial charge >= 0.3 is 0 Å². The van der Waals surface area contributed by atoms with Crippen LogP contribution in [0.2, 0.25) is 0 Å². The van der Waals surface area contributed by atoms with Gasteiger partial charge in [0.1, 0.15) is 23.9 Å². The third kappa shape index (κ3) is 3.87. The van der Waals surface area contributed by atoms with Crippen LogP contribution >= 0.6 is 0 Å². The van der Waals surface area contributed by atoms with Crippen molar-refractivity contribution in [3.8, 4) is 5.75 Å². The molecule has 0 saturated carbocycles. The van der Waals surface area contributed by atoms with Crippen LogP contribution in [0, 0.1) is 20.8 Å². The van der Waals surface area contributed by atoms with Gasteiger partial charge in [-0.15, -0.1) is 0 Å². The molecule has 0 aliphatic heterocycles. The zero-order valence-electron chi connectivity index (χ0n) is 12.7. The summed E-state index contributed by atoms with van der Waals surface area (Å²) in [7, 11) is 0. The van der Waals surface area contributed by atoms with E-state index in [0.29, 0.717) is 6.61 Å². The van der Waals surface area contributed by atoms with Crippen LogP contribution in [0.25, 0.3) is 0 Å². The van der Waals surface area contributed by atoms with E-state index in [-0.39, 0.29) is 0 Å². The summed E-state index contributed by atoms with van der Waals surface area (Å²) in [6.45, 7) is 10.5.